The number of benzene rings is 1. The maximum atomic E-state index is 14.0. The molecule has 0 amide bonds. The average Bonchev–Trinajstić information content (AvgIpc) is 2.86. The van der Waals surface area contributed by atoms with Gasteiger partial charge in [0.25, 0.3) is 0 Å². The Labute approximate surface area is 121 Å². The molecule has 0 aliphatic carbocycles. The molecule has 7 heteroatoms. The Morgan fingerprint density at radius 1 is 1.48 bits per heavy atom. The number of aromatic nitrogens is 2. The van der Waals surface area contributed by atoms with Crippen molar-refractivity contribution in [1.29, 1.82) is 0 Å². The van der Waals surface area contributed by atoms with Crippen LogP contribution in [0.25, 0.3) is 0 Å². The molecule has 0 aliphatic rings. The molecular weight excluding hydrogens is 275 g/mol. The molecule has 0 saturated carbocycles. The Morgan fingerprint density at radius 3 is 2.90 bits per heavy atom. The summed E-state index contributed by atoms with van der Waals surface area (Å²) in [4.78, 5) is 14.2. The number of nitro groups is 1. The van der Waals surface area contributed by atoms with Crippen LogP contribution in [0.15, 0.2) is 30.7 Å². The average molecular weight is 292 g/mol. The molecule has 0 atom stereocenters. The maximum absolute atomic E-state index is 14.0. The van der Waals surface area contributed by atoms with Gasteiger partial charge in [-0.2, -0.15) is 4.39 Å². The standard InChI is InChI=1S/C14H17FN4O2/c1-10(2)16-6-12-8-18(9-17-12)7-11-4-3-5-13(14(11)15)19(20)21/h3-5,8-10,16H,6-7H2,1-2H3. The van der Waals surface area contributed by atoms with Gasteiger partial charge in [-0.15, -0.1) is 0 Å². The lowest BCUT2D eigenvalue weighted by Crippen LogP contribution is -2.21. The highest BCUT2D eigenvalue weighted by Gasteiger charge is 2.17. The van der Waals surface area contributed by atoms with Gasteiger partial charge in [-0.3, -0.25) is 10.1 Å². The van der Waals surface area contributed by atoms with Gasteiger partial charge in [0.1, 0.15) is 0 Å². The van der Waals surface area contributed by atoms with Gasteiger partial charge in [0.05, 0.1) is 23.5 Å². The van der Waals surface area contributed by atoms with Gasteiger partial charge in [-0.05, 0) is 0 Å². The summed E-state index contributed by atoms with van der Waals surface area (Å²) in [5.74, 6) is -0.793. The van der Waals surface area contributed by atoms with Crippen molar-refractivity contribution < 1.29 is 9.31 Å². The predicted molar refractivity (Wildman–Crippen MR) is 76.4 cm³/mol. The van der Waals surface area contributed by atoms with E-state index in [1.54, 1.807) is 17.1 Å². The van der Waals surface area contributed by atoms with Crippen LogP contribution in [0, 0.1) is 15.9 Å². The molecule has 21 heavy (non-hydrogen) atoms. The smallest absolute Gasteiger partial charge is 0.305 e. The first kappa shape index (κ1) is 15.1. The van der Waals surface area contributed by atoms with Gasteiger partial charge >= 0.3 is 5.69 Å². The van der Waals surface area contributed by atoms with E-state index in [2.05, 4.69) is 10.3 Å². The summed E-state index contributed by atoms with van der Waals surface area (Å²) < 4.78 is 15.7. The van der Waals surface area contributed by atoms with Gasteiger partial charge in [0.15, 0.2) is 0 Å². The fourth-order valence-electron chi connectivity index (χ4n) is 1.92. The third-order valence-electron chi connectivity index (χ3n) is 2.99. The van der Waals surface area contributed by atoms with Gasteiger partial charge in [0, 0.05) is 30.4 Å². The SMILES string of the molecule is CC(C)NCc1cn(Cc2cccc([N+](=O)[O-])c2F)cn1. The van der Waals surface area contributed by atoms with Crippen LogP contribution in [-0.2, 0) is 13.1 Å². The monoisotopic (exact) mass is 292 g/mol. The fraction of sp³-hybridized carbons (Fsp3) is 0.357. The zero-order valence-electron chi connectivity index (χ0n) is 11.9. The number of halogens is 1. The van der Waals surface area contributed by atoms with E-state index in [1.807, 2.05) is 13.8 Å². The van der Waals surface area contributed by atoms with Crippen molar-refractivity contribution in [2.45, 2.75) is 33.0 Å². The van der Waals surface area contributed by atoms with E-state index in [9.17, 15) is 14.5 Å². The molecule has 0 unspecified atom stereocenters. The van der Waals surface area contributed by atoms with E-state index in [4.69, 9.17) is 0 Å². The minimum absolute atomic E-state index is 0.211. The molecule has 2 rings (SSSR count). The van der Waals surface area contributed by atoms with E-state index in [0.29, 0.717) is 12.6 Å². The Hall–Kier alpha value is -2.28. The zero-order chi connectivity index (χ0) is 15.4. The number of hydrogen-bond donors (Lipinski definition) is 1. The predicted octanol–water partition coefficient (Wildman–Crippen LogP) is 2.48. The van der Waals surface area contributed by atoms with Crippen molar-refractivity contribution >= 4 is 5.69 Å². The molecule has 0 radical (unpaired) electrons. The Balaban J connectivity index is 2.12. The van der Waals surface area contributed by atoms with Crippen LogP contribution in [0.5, 0.6) is 0 Å². The van der Waals surface area contributed by atoms with Crippen molar-refractivity contribution in [3.05, 3.63) is 57.9 Å². The first-order chi connectivity index (χ1) is 9.97. The summed E-state index contributed by atoms with van der Waals surface area (Å²) in [6.45, 7) is 4.91. The van der Waals surface area contributed by atoms with Crippen molar-refractivity contribution in [3.63, 3.8) is 0 Å². The number of nitrogens with one attached hydrogen (secondary N) is 1. The van der Waals surface area contributed by atoms with Crippen molar-refractivity contribution in [1.82, 2.24) is 14.9 Å². The highest BCUT2D eigenvalue weighted by Crippen LogP contribution is 2.20. The van der Waals surface area contributed by atoms with Crippen LogP contribution in [0.3, 0.4) is 0 Å². The molecule has 6 nitrogen and oxygen atoms in total. The van der Waals surface area contributed by atoms with E-state index < -0.39 is 16.4 Å². The molecular formula is C14H17FN4O2. The third kappa shape index (κ3) is 3.85. The van der Waals surface area contributed by atoms with E-state index in [-0.39, 0.29) is 12.1 Å². The molecule has 2 aromatic rings. The first-order valence-corrected chi connectivity index (χ1v) is 6.63. The molecule has 0 spiro atoms. The molecule has 0 saturated heterocycles. The van der Waals surface area contributed by atoms with Crippen LogP contribution in [-0.4, -0.2) is 20.5 Å². The van der Waals surface area contributed by atoms with Gasteiger partial charge < -0.3 is 9.88 Å². The second-order valence-corrected chi connectivity index (χ2v) is 5.08. The summed E-state index contributed by atoms with van der Waals surface area (Å²) in [6, 6.07) is 4.53. The number of imidazole rings is 1. The van der Waals surface area contributed by atoms with Gasteiger partial charge in [0.2, 0.25) is 5.82 Å². The Bertz CT molecular complexity index is 640. The molecule has 1 N–H and O–H groups in total. The normalized spacial score (nSPS) is 11.0. The number of nitrogens with zero attached hydrogens (tertiary/aromatic N) is 3. The largest absolute Gasteiger partial charge is 0.333 e. The van der Waals surface area contributed by atoms with E-state index in [0.717, 1.165) is 11.8 Å². The van der Waals surface area contributed by atoms with Crippen LogP contribution in [0.2, 0.25) is 0 Å². The molecule has 0 aliphatic heterocycles. The second kappa shape index (κ2) is 6.45. The van der Waals surface area contributed by atoms with Crippen LogP contribution >= 0.6 is 0 Å². The highest BCUT2D eigenvalue weighted by molar-refractivity contribution is 5.36. The first-order valence-electron chi connectivity index (χ1n) is 6.63. The van der Waals surface area contributed by atoms with E-state index >= 15 is 0 Å². The Morgan fingerprint density at radius 2 is 2.24 bits per heavy atom. The second-order valence-electron chi connectivity index (χ2n) is 5.08. The number of rotatable bonds is 6. The zero-order valence-corrected chi connectivity index (χ0v) is 11.9. The summed E-state index contributed by atoms with van der Waals surface area (Å²) in [6.07, 6.45) is 3.39. The molecule has 1 heterocycles. The minimum atomic E-state index is -0.793. The number of hydrogen-bond acceptors (Lipinski definition) is 4. The van der Waals surface area contributed by atoms with Crippen LogP contribution in [0.4, 0.5) is 10.1 Å². The van der Waals surface area contributed by atoms with Crippen LogP contribution in [0.1, 0.15) is 25.1 Å². The quantitative estimate of drug-likeness (QED) is 0.655. The lowest BCUT2D eigenvalue weighted by Gasteiger charge is -2.05. The minimum Gasteiger partial charge on any atom is -0.333 e. The number of nitro benzene ring substituents is 1. The van der Waals surface area contributed by atoms with Crippen molar-refractivity contribution in [2.75, 3.05) is 0 Å². The summed E-state index contributed by atoms with van der Waals surface area (Å²) in [5.41, 5.74) is 0.605. The fourth-order valence-corrected chi connectivity index (χ4v) is 1.92. The summed E-state index contributed by atoms with van der Waals surface area (Å²) >= 11 is 0. The third-order valence-corrected chi connectivity index (χ3v) is 2.99. The molecule has 0 bridgehead atoms. The summed E-state index contributed by atoms with van der Waals surface area (Å²) in [5, 5.41) is 14.0. The lowest BCUT2D eigenvalue weighted by molar-refractivity contribution is -0.387. The molecule has 1 aromatic carbocycles. The van der Waals surface area contributed by atoms with Crippen LogP contribution < -0.4 is 5.32 Å². The maximum Gasteiger partial charge on any atom is 0.305 e. The van der Waals surface area contributed by atoms with Crippen molar-refractivity contribution in [3.8, 4) is 0 Å². The molecule has 0 fully saturated rings. The molecule has 1 aromatic heterocycles. The van der Waals surface area contributed by atoms with Crippen molar-refractivity contribution in [2.24, 2.45) is 0 Å². The lowest BCUT2D eigenvalue weighted by atomic mass is 10.2. The highest BCUT2D eigenvalue weighted by atomic mass is 19.1. The van der Waals surface area contributed by atoms with E-state index in [1.165, 1.54) is 12.1 Å². The summed E-state index contributed by atoms with van der Waals surface area (Å²) in [7, 11) is 0. The van der Waals surface area contributed by atoms with Gasteiger partial charge in [-0.25, -0.2) is 4.98 Å². The Kier molecular flexibility index (Phi) is 4.64. The van der Waals surface area contributed by atoms with Gasteiger partial charge in [-0.1, -0.05) is 26.0 Å². The molecule has 112 valence electrons. The topological polar surface area (TPSA) is 73.0 Å².